The third-order valence-corrected chi connectivity index (χ3v) is 7.50. The predicted molar refractivity (Wildman–Crippen MR) is 135 cm³/mol. The highest BCUT2D eigenvalue weighted by atomic mass is 32.2. The molecule has 2 aromatic carbocycles. The normalized spacial score (nSPS) is 12.8. The number of likely N-dealkylation sites (N-methyl/N-ethyl adjacent to an activating group) is 1. The molecular formula is C25H26F3N3O2S2. The van der Waals surface area contributed by atoms with E-state index in [1.54, 1.807) is 24.3 Å². The van der Waals surface area contributed by atoms with Gasteiger partial charge in [0.15, 0.2) is 9.84 Å². The van der Waals surface area contributed by atoms with E-state index in [-0.39, 0.29) is 17.2 Å². The quantitative estimate of drug-likeness (QED) is 0.347. The molecule has 0 unspecified atom stereocenters. The van der Waals surface area contributed by atoms with E-state index in [4.69, 9.17) is 5.41 Å². The molecule has 0 aliphatic carbocycles. The van der Waals surface area contributed by atoms with Crippen LogP contribution in [-0.2, 0) is 16.4 Å². The lowest BCUT2D eigenvalue weighted by Gasteiger charge is -2.16. The van der Waals surface area contributed by atoms with E-state index in [2.05, 4.69) is 4.99 Å². The molecule has 1 N–H and O–H groups in total. The van der Waals surface area contributed by atoms with Crippen molar-refractivity contribution in [3.8, 4) is 10.4 Å². The van der Waals surface area contributed by atoms with E-state index in [0.29, 0.717) is 28.4 Å². The molecule has 5 nitrogen and oxygen atoms in total. The second kappa shape index (κ2) is 11.3. The first-order valence-electron chi connectivity index (χ1n) is 10.7. The average molecular weight is 522 g/mol. The second-order valence-corrected chi connectivity index (χ2v) is 11.3. The first kappa shape index (κ1) is 26.8. The summed E-state index contributed by atoms with van der Waals surface area (Å²) in [5.74, 6) is 0. The Morgan fingerprint density at radius 3 is 2.43 bits per heavy atom. The van der Waals surface area contributed by atoms with E-state index >= 15 is 0 Å². The van der Waals surface area contributed by atoms with Gasteiger partial charge in [0.1, 0.15) is 5.71 Å². The van der Waals surface area contributed by atoms with Crippen LogP contribution in [0.5, 0.6) is 0 Å². The molecule has 0 amide bonds. The Hall–Kier alpha value is -2.82. The van der Waals surface area contributed by atoms with Crippen LogP contribution >= 0.6 is 11.3 Å². The van der Waals surface area contributed by atoms with Crippen LogP contribution in [0.4, 0.5) is 13.2 Å². The van der Waals surface area contributed by atoms with Crippen molar-refractivity contribution in [2.75, 3.05) is 26.4 Å². The highest BCUT2D eigenvalue weighted by Crippen LogP contribution is 2.31. The van der Waals surface area contributed by atoms with Gasteiger partial charge in [0.25, 0.3) is 0 Å². The van der Waals surface area contributed by atoms with Crippen LogP contribution in [0.1, 0.15) is 16.9 Å². The minimum atomic E-state index is -4.73. The van der Waals surface area contributed by atoms with Gasteiger partial charge >= 0.3 is 6.18 Å². The van der Waals surface area contributed by atoms with E-state index in [9.17, 15) is 21.6 Å². The summed E-state index contributed by atoms with van der Waals surface area (Å²) < 4.78 is 63.1. The molecule has 1 aromatic heterocycles. The molecule has 0 bridgehead atoms. The molecule has 3 aromatic rings. The summed E-state index contributed by atoms with van der Waals surface area (Å²) in [7, 11) is -1.48. The Morgan fingerprint density at radius 2 is 1.77 bits per heavy atom. The lowest BCUT2D eigenvalue weighted by atomic mass is 10.1. The maximum Gasteiger partial charge on any atom is 0.429 e. The van der Waals surface area contributed by atoms with Crippen LogP contribution in [0.25, 0.3) is 10.4 Å². The van der Waals surface area contributed by atoms with Crippen molar-refractivity contribution in [2.45, 2.75) is 24.0 Å². The standard InChI is InChI=1S/C25H26F3N3O2S2/c1-31(17-18-7-4-3-5-8-18)14-13-30-21(16-24(29)25(26,27)28)23-12-11-22(34-23)19-9-6-10-20(15-19)35(2,32)33/h3-12,15,29H,13-14,16-17H2,1-2H3. The zero-order valence-corrected chi connectivity index (χ0v) is 21.0. The summed E-state index contributed by atoms with van der Waals surface area (Å²) in [6.07, 6.45) is -4.24. The Bertz CT molecular complexity index is 1300. The Balaban J connectivity index is 1.81. The van der Waals surface area contributed by atoms with E-state index in [1.165, 1.54) is 23.5 Å². The smallest absolute Gasteiger partial charge is 0.300 e. The van der Waals surface area contributed by atoms with Crippen molar-refractivity contribution in [3.05, 3.63) is 77.2 Å². The summed E-state index contributed by atoms with van der Waals surface area (Å²) in [5.41, 5.74) is 0.605. The monoisotopic (exact) mass is 521 g/mol. The van der Waals surface area contributed by atoms with Gasteiger partial charge in [0.2, 0.25) is 0 Å². The molecule has 0 aliphatic rings. The highest BCUT2D eigenvalue weighted by molar-refractivity contribution is 7.90. The van der Waals surface area contributed by atoms with Crippen molar-refractivity contribution in [1.82, 2.24) is 4.90 Å². The fourth-order valence-electron chi connectivity index (χ4n) is 3.35. The molecule has 3 rings (SSSR count). The third kappa shape index (κ3) is 7.84. The van der Waals surface area contributed by atoms with Crippen molar-refractivity contribution in [2.24, 2.45) is 4.99 Å². The van der Waals surface area contributed by atoms with Crippen molar-refractivity contribution < 1.29 is 21.6 Å². The molecule has 35 heavy (non-hydrogen) atoms. The Labute approximate surface area is 207 Å². The molecule has 0 fully saturated rings. The summed E-state index contributed by atoms with van der Waals surface area (Å²) in [6.45, 7) is 1.50. The maximum absolute atomic E-state index is 13.1. The lowest BCUT2D eigenvalue weighted by molar-refractivity contribution is -0.0605. The number of nitrogens with zero attached hydrogens (tertiary/aromatic N) is 2. The van der Waals surface area contributed by atoms with Crippen LogP contribution < -0.4 is 0 Å². The van der Waals surface area contributed by atoms with Gasteiger partial charge in [-0.1, -0.05) is 42.5 Å². The number of alkyl halides is 3. The number of hydrogen-bond donors (Lipinski definition) is 1. The van der Waals surface area contributed by atoms with Gasteiger partial charge in [-0.15, -0.1) is 11.3 Å². The molecule has 10 heteroatoms. The first-order valence-corrected chi connectivity index (χ1v) is 13.5. The molecular weight excluding hydrogens is 495 g/mol. The van der Waals surface area contributed by atoms with Gasteiger partial charge in [-0.05, 0) is 42.4 Å². The van der Waals surface area contributed by atoms with E-state index in [1.807, 2.05) is 42.3 Å². The van der Waals surface area contributed by atoms with Crippen molar-refractivity contribution in [3.63, 3.8) is 0 Å². The maximum atomic E-state index is 13.1. The fourth-order valence-corrected chi connectivity index (χ4v) is 5.02. The molecule has 1 heterocycles. The van der Waals surface area contributed by atoms with Crippen LogP contribution in [0.15, 0.2) is 76.6 Å². The number of halogens is 3. The Kier molecular flexibility index (Phi) is 8.63. The number of nitrogens with one attached hydrogen (secondary N) is 1. The predicted octanol–water partition coefficient (Wildman–Crippen LogP) is 5.71. The summed E-state index contributed by atoms with van der Waals surface area (Å²) in [5, 5.41) is 7.48. The summed E-state index contributed by atoms with van der Waals surface area (Å²) in [6, 6.07) is 19.6. The SMILES string of the molecule is CN(CCN=C(CC(=N)C(F)(F)F)c1ccc(-c2cccc(S(C)(=O)=O)c2)s1)Cc1ccccc1. The van der Waals surface area contributed by atoms with Gasteiger partial charge in [0.05, 0.1) is 17.2 Å². The molecule has 0 spiro atoms. The van der Waals surface area contributed by atoms with Gasteiger partial charge in [-0.2, -0.15) is 13.2 Å². The van der Waals surface area contributed by atoms with Crippen LogP contribution in [0.3, 0.4) is 0 Å². The van der Waals surface area contributed by atoms with Gasteiger partial charge < -0.3 is 10.3 Å². The van der Waals surface area contributed by atoms with Gasteiger partial charge in [-0.25, -0.2) is 8.42 Å². The first-order chi connectivity index (χ1) is 16.4. The number of thiophene rings is 1. The molecule has 0 atom stereocenters. The minimum absolute atomic E-state index is 0.166. The second-order valence-electron chi connectivity index (χ2n) is 8.17. The Morgan fingerprint density at radius 1 is 1.06 bits per heavy atom. The van der Waals surface area contributed by atoms with Gasteiger partial charge in [-0.3, -0.25) is 4.99 Å². The molecule has 0 saturated heterocycles. The van der Waals surface area contributed by atoms with E-state index < -0.39 is 28.1 Å². The van der Waals surface area contributed by atoms with Crippen molar-refractivity contribution in [1.29, 1.82) is 5.41 Å². The number of hydrogen-bond acceptors (Lipinski definition) is 6. The van der Waals surface area contributed by atoms with Crippen LogP contribution in [0, 0.1) is 5.41 Å². The highest BCUT2D eigenvalue weighted by Gasteiger charge is 2.35. The number of rotatable bonds is 10. The third-order valence-electron chi connectivity index (χ3n) is 5.20. The van der Waals surface area contributed by atoms with Crippen LogP contribution in [0.2, 0.25) is 0 Å². The minimum Gasteiger partial charge on any atom is -0.300 e. The number of aliphatic imine (C=N–C) groups is 1. The van der Waals surface area contributed by atoms with Crippen molar-refractivity contribution >= 4 is 32.6 Å². The number of benzene rings is 2. The molecule has 0 radical (unpaired) electrons. The van der Waals surface area contributed by atoms with Crippen LogP contribution in [-0.4, -0.2) is 57.3 Å². The molecule has 0 aliphatic heterocycles. The summed E-state index contributed by atoms with van der Waals surface area (Å²) >= 11 is 1.22. The molecule has 0 saturated carbocycles. The zero-order chi connectivity index (χ0) is 25.6. The molecule has 186 valence electrons. The summed E-state index contributed by atoms with van der Waals surface area (Å²) in [4.78, 5) is 7.86. The lowest BCUT2D eigenvalue weighted by Crippen LogP contribution is -2.25. The largest absolute Gasteiger partial charge is 0.429 e. The van der Waals surface area contributed by atoms with E-state index in [0.717, 1.165) is 11.8 Å². The van der Waals surface area contributed by atoms with Gasteiger partial charge in [0, 0.05) is 35.5 Å². The topological polar surface area (TPSA) is 73.6 Å². The fraction of sp³-hybridized carbons (Fsp3) is 0.280. The number of sulfone groups is 1. The zero-order valence-electron chi connectivity index (χ0n) is 19.3. The average Bonchev–Trinajstić information content (AvgIpc) is 3.28.